The van der Waals surface area contributed by atoms with E-state index in [1.54, 1.807) is 0 Å². The van der Waals surface area contributed by atoms with Crippen molar-refractivity contribution in [2.45, 2.75) is 31.8 Å². The number of hydrogen-bond acceptors (Lipinski definition) is 2. The van der Waals surface area contributed by atoms with Crippen LogP contribution in [0, 0.1) is 0 Å². The molecule has 0 aromatic rings. The van der Waals surface area contributed by atoms with Gasteiger partial charge in [-0.15, -0.1) is 0 Å². The second-order valence-corrected chi connectivity index (χ2v) is 2.95. The maximum Gasteiger partial charge on any atom is 0.164 e. The van der Waals surface area contributed by atoms with Crippen LogP contribution >= 0.6 is 0 Å². The largest absolute Gasteiger partial charge is 0.340 e. The first-order valence-electron chi connectivity index (χ1n) is 3.21. The van der Waals surface area contributed by atoms with Crippen molar-refractivity contribution in [2.24, 2.45) is 0 Å². The second kappa shape index (κ2) is 1.39. The van der Waals surface area contributed by atoms with Gasteiger partial charge in [-0.3, -0.25) is 0 Å². The van der Waals surface area contributed by atoms with Gasteiger partial charge in [-0.2, -0.15) is 0 Å². The van der Waals surface area contributed by atoms with E-state index in [2.05, 4.69) is 0 Å². The molecule has 0 N–H and O–H groups in total. The van der Waals surface area contributed by atoms with Crippen LogP contribution in [0.25, 0.3) is 0 Å². The minimum atomic E-state index is -0.362. The Morgan fingerprint density at radius 3 is 1.78 bits per heavy atom. The predicted octanol–water partition coefficient (Wildman–Crippen LogP) is 1.08. The standard InChI is InChI=1S/C7H10O2/c1-7(2)8-5-3-4-6(5)9-7/h3-6H,1-2H3/t5-,6+. The first-order chi connectivity index (χ1) is 4.17. The third-order valence-corrected chi connectivity index (χ3v) is 1.65. The van der Waals surface area contributed by atoms with Crippen molar-refractivity contribution in [1.29, 1.82) is 0 Å². The smallest absolute Gasteiger partial charge is 0.164 e. The predicted molar refractivity (Wildman–Crippen MR) is 33.0 cm³/mol. The highest BCUT2D eigenvalue weighted by atomic mass is 16.8. The molecule has 0 spiro atoms. The second-order valence-electron chi connectivity index (χ2n) is 2.95. The van der Waals surface area contributed by atoms with Gasteiger partial charge in [0.2, 0.25) is 0 Å². The van der Waals surface area contributed by atoms with E-state index in [0.717, 1.165) is 0 Å². The van der Waals surface area contributed by atoms with Crippen LogP contribution in [0.4, 0.5) is 0 Å². The lowest BCUT2D eigenvalue weighted by Gasteiger charge is -2.16. The fourth-order valence-corrected chi connectivity index (χ4v) is 1.19. The number of fused-ring (bicyclic) bond motifs is 1. The summed E-state index contributed by atoms with van der Waals surface area (Å²) in [5.74, 6) is -0.362. The molecule has 1 saturated heterocycles. The summed E-state index contributed by atoms with van der Waals surface area (Å²) >= 11 is 0. The van der Waals surface area contributed by atoms with E-state index in [0.29, 0.717) is 0 Å². The quantitative estimate of drug-likeness (QED) is 0.452. The molecule has 0 radical (unpaired) electrons. The van der Waals surface area contributed by atoms with E-state index < -0.39 is 0 Å². The average Bonchev–Trinajstić information content (AvgIpc) is 1.90. The molecule has 2 heteroatoms. The molecule has 1 aliphatic heterocycles. The van der Waals surface area contributed by atoms with E-state index in [1.807, 2.05) is 26.0 Å². The van der Waals surface area contributed by atoms with Crippen LogP contribution in [0.1, 0.15) is 13.8 Å². The molecule has 2 nitrogen and oxygen atoms in total. The Hall–Kier alpha value is -0.340. The Bertz CT molecular complexity index is 144. The summed E-state index contributed by atoms with van der Waals surface area (Å²) < 4.78 is 10.9. The molecule has 9 heavy (non-hydrogen) atoms. The highest BCUT2D eigenvalue weighted by Crippen LogP contribution is 2.34. The summed E-state index contributed by atoms with van der Waals surface area (Å²) in [7, 11) is 0. The lowest BCUT2D eigenvalue weighted by atomic mass is 10.0. The van der Waals surface area contributed by atoms with Crippen molar-refractivity contribution in [1.82, 2.24) is 0 Å². The van der Waals surface area contributed by atoms with Gasteiger partial charge < -0.3 is 9.47 Å². The fraction of sp³-hybridized carbons (Fsp3) is 0.714. The lowest BCUT2D eigenvalue weighted by molar-refractivity contribution is -0.136. The number of rotatable bonds is 0. The third kappa shape index (κ3) is 0.705. The van der Waals surface area contributed by atoms with Crippen molar-refractivity contribution < 1.29 is 9.47 Å². The highest BCUT2D eigenvalue weighted by molar-refractivity contribution is 5.16. The van der Waals surface area contributed by atoms with E-state index in [9.17, 15) is 0 Å². The number of ether oxygens (including phenoxy) is 2. The van der Waals surface area contributed by atoms with Crippen molar-refractivity contribution >= 4 is 0 Å². The summed E-state index contributed by atoms with van der Waals surface area (Å²) in [6, 6.07) is 0. The zero-order chi connectivity index (χ0) is 6.48. The van der Waals surface area contributed by atoms with Gasteiger partial charge in [-0.25, -0.2) is 0 Å². The fourth-order valence-electron chi connectivity index (χ4n) is 1.19. The molecule has 0 amide bonds. The summed E-state index contributed by atoms with van der Waals surface area (Å²) in [5, 5.41) is 0. The van der Waals surface area contributed by atoms with E-state index in [1.165, 1.54) is 0 Å². The Morgan fingerprint density at radius 2 is 1.56 bits per heavy atom. The zero-order valence-electron chi connectivity index (χ0n) is 5.63. The molecule has 2 aliphatic rings. The molecule has 1 fully saturated rings. The normalized spacial score (nSPS) is 44.2. The van der Waals surface area contributed by atoms with Crippen LogP contribution in [-0.2, 0) is 9.47 Å². The van der Waals surface area contributed by atoms with Crippen LogP contribution < -0.4 is 0 Å². The Morgan fingerprint density at radius 1 is 1.11 bits per heavy atom. The average molecular weight is 126 g/mol. The van der Waals surface area contributed by atoms with Gasteiger partial charge in [-0.1, -0.05) is 12.2 Å². The van der Waals surface area contributed by atoms with E-state index in [-0.39, 0.29) is 18.0 Å². The molecule has 0 bridgehead atoms. The van der Waals surface area contributed by atoms with Crippen molar-refractivity contribution in [2.75, 3.05) is 0 Å². The maximum atomic E-state index is 5.44. The minimum Gasteiger partial charge on any atom is -0.340 e. The molecule has 1 heterocycles. The van der Waals surface area contributed by atoms with Crippen molar-refractivity contribution in [3.05, 3.63) is 12.2 Å². The minimum absolute atomic E-state index is 0.236. The molecule has 0 aromatic carbocycles. The van der Waals surface area contributed by atoms with Gasteiger partial charge in [0, 0.05) is 0 Å². The molecule has 2 atom stereocenters. The molecular weight excluding hydrogens is 116 g/mol. The molecule has 1 aliphatic carbocycles. The van der Waals surface area contributed by atoms with Gasteiger partial charge >= 0.3 is 0 Å². The highest BCUT2D eigenvalue weighted by Gasteiger charge is 2.42. The molecule has 0 unspecified atom stereocenters. The molecule has 0 saturated carbocycles. The van der Waals surface area contributed by atoms with E-state index in [4.69, 9.17) is 9.47 Å². The Balaban J connectivity index is 2.13. The van der Waals surface area contributed by atoms with Crippen molar-refractivity contribution in [3.63, 3.8) is 0 Å². The van der Waals surface area contributed by atoms with Crippen molar-refractivity contribution in [3.8, 4) is 0 Å². The van der Waals surface area contributed by atoms with Crippen LogP contribution in [0.5, 0.6) is 0 Å². The van der Waals surface area contributed by atoms with Crippen LogP contribution in [-0.4, -0.2) is 18.0 Å². The summed E-state index contributed by atoms with van der Waals surface area (Å²) in [6.07, 6.45) is 4.53. The van der Waals surface area contributed by atoms with Gasteiger partial charge in [0.15, 0.2) is 5.79 Å². The van der Waals surface area contributed by atoms with Gasteiger partial charge in [0.25, 0.3) is 0 Å². The van der Waals surface area contributed by atoms with Crippen LogP contribution in [0.2, 0.25) is 0 Å². The monoisotopic (exact) mass is 126 g/mol. The summed E-state index contributed by atoms with van der Waals surface area (Å²) in [4.78, 5) is 0. The molecule has 50 valence electrons. The topological polar surface area (TPSA) is 18.5 Å². The lowest BCUT2D eigenvalue weighted by Crippen LogP contribution is -2.25. The molecule has 2 rings (SSSR count). The van der Waals surface area contributed by atoms with Gasteiger partial charge in [-0.05, 0) is 13.8 Å². The summed E-state index contributed by atoms with van der Waals surface area (Å²) in [5.41, 5.74) is 0. The Labute approximate surface area is 54.5 Å². The van der Waals surface area contributed by atoms with Gasteiger partial charge in [0.05, 0.1) is 0 Å². The molecule has 0 aromatic heterocycles. The third-order valence-electron chi connectivity index (χ3n) is 1.65. The first-order valence-corrected chi connectivity index (χ1v) is 3.21. The van der Waals surface area contributed by atoms with E-state index >= 15 is 0 Å². The zero-order valence-corrected chi connectivity index (χ0v) is 5.63. The number of hydrogen-bond donors (Lipinski definition) is 0. The van der Waals surface area contributed by atoms with Gasteiger partial charge in [0.1, 0.15) is 12.2 Å². The molecular formula is C7H10O2. The maximum absolute atomic E-state index is 5.44. The SMILES string of the molecule is CC1(C)O[C@H]2C=C[C@H]2O1. The Kier molecular flexibility index (Phi) is 0.838. The first kappa shape index (κ1) is 5.45. The van der Waals surface area contributed by atoms with Crippen LogP contribution in [0.15, 0.2) is 12.2 Å². The summed E-state index contributed by atoms with van der Waals surface area (Å²) in [6.45, 7) is 3.88. The van der Waals surface area contributed by atoms with Crippen LogP contribution in [0.3, 0.4) is 0 Å².